The van der Waals surface area contributed by atoms with Crippen molar-refractivity contribution < 1.29 is 9.53 Å². The van der Waals surface area contributed by atoms with E-state index in [4.69, 9.17) is 27.2 Å². The fraction of sp³-hybridized carbons (Fsp3) is 0.156. The summed E-state index contributed by atoms with van der Waals surface area (Å²) in [4.78, 5) is 22.7. The summed E-state index contributed by atoms with van der Waals surface area (Å²) in [7, 11) is 0. The second-order valence-corrected chi connectivity index (χ2v) is 10.4. The number of rotatable bonds is 7. The smallest absolute Gasteiger partial charge is 0.209 e. The van der Waals surface area contributed by atoms with E-state index in [-0.39, 0.29) is 12.4 Å². The number of allylic oxidation sites excluding steroid dienone is 1. The Kier molecular flexibility index (Phi) is 7.30. The van der Waals surface area contributed by atoms with Crippen molar-refractivity contribution in [3.63, 3.8) is 0 Å². The van der Waals surface area contributed by atoms with Crippen molar-refractivity contribution in [2.45, 2.75) is 18.4 Å². The number of carbonyl (C=O) groups is 1. The number of nitrogens with two attached hydrogens (primary N) is 1. The number of benzene rings is 3. The second kappa shape index (κ2) is 11.4. The van der Waals surface area contributed by atoms with Crippen molar-refractivity contribution >= 4 is 40.4 Å². The number of likely N-dealkylation sites (tertiary alicyclic amines) is 1. The molecule has 1 aliphatic heterocycles. The molecule has 208 valence electrons. The van der Waals surface area contributed by atoms with Crippen molar-refractivity contribution in [1.29, 1.82) is 5.26 Å². The Morgan fingerprint density at radius 3 is 2.50 bits per heavy atom. The fourth-order valence-electron chi connectivity index (χ4n) is 5.65. The minimum absolute atomic E-state index is 0.263. The van der Waals surface area contributed by atoms with Gasteiger partial charge in [0.2, 0.25) is 6.41 Å². The molecule has 42 heavy (non-hydrogen) atoms. The molecule has 1 saturated heterocycles. The highest BCUT2D eigenvalue weighted by atomic mass is 35.5. The van der Waals surface area contributed by atoms with E-state index in [1.807, 2.05) is 72.8 Å². The SMILES string of the molecule is N#CC=C(c1ccccc1Cl)C1(n2nc(-c3ccc(Oc4ccccc4)cc3)c3c(N)ncnc32)CCCN(C=O)C1. The maximum atomic E-state index is 12.1. The van der Waals surface area contributed by atoms with Crippen molar-refractivity contribution in [2.24, 2.45) is 0 Å². The first kappa shape index (κ1) is 27.0. The molecule has 5 aromatic rings. The van der Waals surface area contributed by atoms with Crippen LogP contribution in [0.15, 0.2) is 91.3 Å². The van der Waals surface area contributed by atoms with E-state index in [0.29, 0.717) is 58.0 Å². The molecule has 1 unspecified atom stereocenters. The molecule has 1 amide bonds. The number of fused-ring (bicyclic) bond motifs is 1. The van der Waals surface area contributed by atoms with Crippen LogP contribution >= 0.6 is 11.6 Å². The molecule has 0 spiro atoms. The molecule has 0 bridgehead atoms. The third-order valence-electron chi connectivity index (χ3n) is 7.53. The second-order valence-electron chi connectivity index (χ2n) is 10.0. The number of nitriles is 1. The van der Waals surface area contributed by atoms with Crippen molar-refractivity contribution in [1.82, 2.24) is 24.6 Å². The first-order valence-corrected chi connectivity index (χ1v) is 13.8. The molecule has 2 N–H and O–H groups in total. The molecule has 0 saturated carbocycles. The zero-order valence-corrected chi connectivity index (χ0v) is 23.3. The van der Waals surface area contributed by atoms with Gasteiger partial charge in [0.1, 0.15) is 34.9 Å². The van der Waals surface area contributed by atoms with Crippen LogP contribution < -0.4 is 10.5 Å². The molecule has 9 nitrogen and oxygen atoms in total. The zero-order chi connectivity index (χ0) is 29.1. The molecule has 3 heterocycles. The number of para-hydroxylation sites is 1. The fourth-order valence-corrected chi connectivity index (χ4v) is 5.89. The van der Waals surface area contributed by atoms with Gasteiger partial charge < -0.3 is 15.4 Å². The molecule has 1 aliphatic rings. The summed E-state index contributed by atoms with van der Waals surface area (Å²) in [5, 5.41) is 16.1. The van der Waals surface area contributed by atoms with Crippen LogP contribution in [0.1, 0.15) is 18.4 Å². The van der Waals surface area contributed by atoms with E-state index in [9.17, 15) is 10.1 Å². The number of hydrogen-bond donors (Lipinski definition) is 1. The summed E-state index contributed by atoms with van der Waals surface area (Å²) in [6.45, 7) is 0.846. The van der Waals surface area contributed by atoms with Crippen LogP contribution in [0.4, 0.5) is 5.82 Å². The van der Waals surface area contributed by atoms with Gasteiger partial charge in [0.05, 0.1) is 11.5 Å². The van der Waals surface area contributed by atoms with Gasteiger partial charge in [-0.1, -0.05) is 48.0 Å². The lowest BCUT2D eigenvalue weighted by molar-refractivity contribution is -0.120. The Hall–Kier alpha value is -5.20. The minimum atomic E-state index is -0.965. The summed E-state index contributed by atoms with van der Waals surface area (Å²) in [6.07, 6.45) is 4.97. The van der Waals surface area contributed by atoms with Crippen LogP contribution in [0, 0.1) is 11.3 Å². The Bertz CT molecular complexity index is 1830. The van der Waals surface area contributed by atoms with Gasteiger partial charge in [-0.25, -0.2) is 14.6 Å². The van der Waals surface area contributed by atoms with E-state index in [1.54, 1.807) is 15.6 Å². The van der Waals surface area contributed by atoms with E-state index in [2.05, 4.69) is 16.0 Å². The van der Waals surface area contributed by atoms with Gasteiger partial charge >= 0.3 is 0 Å². The Morgan fingerprint density at radius 1 is 1.02 bits per heavy atom. The van der Waals surface area contributed by atoms with Crippen molar-refractivity contribution in [3.8, 4) is 28.8 Å². The first-order chi connectivity index (χ1) is 20.5. The average Bonchev–Trinajstić information content (AvgIpc) is 3.43. The van der Waals surface area contributed by atoms with Crippen LogP contribution in [0.3, 0.4) is 0 Å². The molecule has 0 radical (unpaired) electrons. The summed E-state index contributed by atoms with van der Waals surface area (Å²) < 4.78 is 7.77. The number of piperidine rings is 1. The monoisotopic (exact) mass is 575 g/mol. The minimum Gasteiger partial charge on any atom is -0.457 e. The van der Waals surface area contributed by atoms with Crippen LogP contribution in [0.25, 0.3) is 27.9 Å². The average molecular weight is 576 g/mol. The van der Waals surface area contributed by atoms with E-state index >= 15 is 0 Å². The summed E-state index contributed by atoms with van der Waals surface area (Å²) in [5.74, 6) is 1.67. The molecule has 10 heteroatoms. The summed E-state index contributed by atoms with van der Waals surface area (Å²) in [5.41, 5.74) is 8.66. The van der Waals surface area contributed by atoms with Gasteiger partial charge in [-0.15, -0.1) is 0 Å². The highest BCUT2D eigenvalue weighted by Gasteiger charge is 2.44. The van der Waals surface area contributed by atoms with Crippen molar-refractivity contribution in [2.75, 3.05) is 18.8 Å². The lowest BCUT2D eigenvalue weighted by Gasteiger charge is -2.43. The normalized spacial score (nSPS) is 17.1. The number of hydrogen-bond acceptors (Lipinski definition) is 7. The molecular formula is C32H26ClN7O2. The summed E-state index contributed by atoms with van der Waals surface area (Å²) >= 11 is 6.69. The van der Waals surface area contributed by atoms with E-state index < -0.39 is 5.54 Å². The number of halogens is 1. The Morgan fingerprint density at radius 2 is 1.76 bits per heavy atom. The first-order valence-electron chi connectivity index (χ1n) is 13.4. The maximum absolute atomic E-state index is 12.1. The predicted octanol–water partition coefficient (Wildman–Crippen LogP) is 6.08. The van der Waals surface area contributed by atoms with Gasteiger partial charge in [-0.2, -0.15) is 10.4 Å². The highest BCUT2D eigenvalue weighted by Crippen LogP contribution is 2.45. The molecule has 0 aliphatic carbocycles. The van der Waals surface area contributed by atoms with Crippen molar-refractivity contribution in [3.05, 3.63) is 102 Å². The summed E-state index contributed by atoms with van der Waals surface area (Å²) in [6, 6.07) is 26.6. The van der Waals surface area contributed by atoms with Crippen LogP contribution in [-0.4, -0.2) is 44.1 Å². The number of aromatic nitrogens is 4. The van der Waals surface area contributed by atoms with Gasteiger partial charge in [-0.3, -0.25) is 4.79 Å². The standard InChI is InChI=1S/C32H26ClN7O2/c33-27-10-5-4-9-25(27)26(15-17-34)32(16-6-18-39(19-32)21-41)40-31-28(30(35)36-20-37-31)29(38-40)22-11-13-24(14-12-22)42-23-7-2-1-3-8-23/h1-5,7-15,20-21H,6,16,18-19H2,(H2,35,36,37). The molecule has 1 fully saturated rings. The zero-order valence-electron chi connectivity index (χ0n) is 22.5. The van der Waals surface area contributed by atoms with Gasteiger partial charge in [0.15, 0.2) is 5.65 Å². The number of amides is 1. The van der Waals surface area contributed by atoms with E-state index in [0.717, 1.165) is 17.7 Å². The number of ether oxygens (including phenoxy) is 1. The van der Waals surface area contributed by atoms with Crippen LogP contribution in [-0.2, 0) is 10.3 Å². The number of carbonyl (C=O) groups excluding carboxylic acids is 1. The molecular weight excluding hydrogens is 550 g/mol. The van der Waals surface area contributed by atoms with Gasteiger partial charge in [0.25, 0.3) is 0 Å². The largest absolute Gasteiger partial charge is 0.457 e. The van der Waals surface area contributed by atoms with Gasteiger partial charge in [-0.05, 0) is 60.9 Å². The van der Waals surface area contributed by atoms with Crippen LogP contribution in [0.5, 0.6) is 11.5 Å². The number of nitrogen functional groups attached to an aromatic ring is 1. The Balaban J connectivity index is 1.54. The predicted molar refractivity (Wildman–Crippen MR) is 162 cm³/mol. The number of nitrogens with zero attached hydrogens (tertiary/aromatic N) is 6. The topological polar surface area (TPSA) is 123 Å². The maximum Gasteiger partial charge on any atom is 0.209 e. The lowest BCUT2D eigenvalue weighted by Crippen LogP contribution is -2.50. The quantitative estimate of drug-likeness (QED) is 0.184. The molecule has 1 atom stereocenters. The highest BCUT2D eigenvalue weighted by molar-refractivity contribution is 6.32. The molecule has 3 aromatic carbocycles. The van der Waals surface area contributed by atoms with E-state index in [1.165, 1.54) is 12.4 Å². The van der Waals surface area contributed by atoms with Crippen LogP contribution in [0.2, 0.25) is 5.02 Å². The third-order valence-corrected chi connectivity index (χ3v) is 7.86. The molecule has 6 rings (SSSR count). The van der Waals surface area contributed by atoms with Gasteiger partial charge in [0, 0.05) is 35.3 Å². The molecule has 2 aromatic heterocycles. The lowest BCUT2D eigenvalue weighted by atomic mass is 9.78. The third kappa shape index (κ3) is 4.82. The number of anilines is 1. The Labute approximate surface area is 247 Å².